The highest BCUT2D eigenvalue weighted by Gasteiger charge is 2.19. The molecule has 1 N–H and O–H groups in total. The Morgan fingerprint density at radius 3 is 2.52 bits per heavy atom. The van der Waals surface area contributed by atoms with Crippen molar-refractivity contribution < 1.29 is 17.9 Å². The predicted octanol–water partition coefficient (Wildman–Crippen LogP) is 3.70. The zero-order valence-corrected chi connectivity index (χ0v) is 18.5. The molecule has 2 rings (SSSR count). The monoisotopic (exact) mass is 438 g/mol. The number of nitrogens with one attached hydrogen (secondary N) is 1. The fraction of sp³-hybridized carbons (Fsp3) is 0.381. The minimum atomic E-state index is -3.47. The fourth-order valence-electron chi connectivity index (χ4n) is 2.91. The van der Waals surface area contributed by atoms with Crippen LogP contribution in [-0.4, -0.2) is 40.3 Å². The van der Waals surface area contributed by atoms with Crippen LogP contribution in [0.2, 0.25) is 5.02 Å². The molecule has 0 spiro atoms. The predicted molar refractivity (Wildman–Crippen MR) is 117 cm³/mol. The van der Waals surface area contributed by atoms with E-state index in [1.165, 1.54) is 4.31 Å². The van der Waals surface area contributed by atoms with Crippen LogP contribution in [0.5, 0.6) is 5.75 Å². The molecule has 0 aliphatic carbocycles. The molecule has 29 heavy (non-hydrogen) atoms. The number of hydrogen-bond acceptors (Lipinski definition) is 4. The normalized spacial score (nSPS) is 11.2. The Morgan fingerprint density at radius 1 is 1.14 bits per heavy atom. The number of para-hydroxylation sites is 1. The van der Waals surface area contributed by atoms with Gasteiger partial charge in [-0.2, -0.15) is 0 Å². The quantitative estimate of drug-likeness (QED) is 0.574. The number of anilines is 1. The van der Waals surface area contributed by atoms with Crippen molar-refractivity contribution in [3.63, 3.8) is 0 Å². The number of halogens is 1. The van der Waals surface area contributed by atoms with Gasteiger partial charge in [0.1, 0.15) is 12.4 Å². The molecule has 0 aromatic heterocycles. The number of nitrogens with zero attached hydrogens (tertiary/aromatic N) is 1. The maximum absolute atomic E-state index is 12.2. The Balaban J connectivity index is 1.80. The average Bonchev–Trinajstić information content (AvgIpc) is 2.63. The third kappa shape index (κ3) is 7.25. The summed E-state index contributed by atoms with van der Waals surface area (Å²) in [5, 5.41) is 3.34. The van der Waals surface area contributed by atoms with Crippen LogP contribution in [0.1, 0.15) is 24.0 Å². The first kappa shape index (κ1) is 23.0. The second-order valence-electron chi connectivity index (χ2n) is 6.83. The average molecular weight is 439 g/mol. The van der Waals surface area contributed by atoms with Gasteiger partial charge in [-0.1, -0.05) is 29.8 Å². The summed E-state index contributed by atoms with van der Waals surface area (Å²) in [7, 11) is -3.47. The summed E-state index contributed by atoms with van der Waals surface area (Å²) >= 11 is 5.96. The van der Waals surface area contributed by atoms with Crippen molar-refractivity contribution in [1.29, 1.82) is 0 Å². The van der Waals surface area contributed by atoms with E-state index in [9.17, 15) is 13.2 Å². The number of hydrogen-bond donors (Lipinski definition) is 1. The van der Waals surface area contributed by atoms with Gasteiger partial charge in [-0.15, -0.1) is 0 Å². The van der Waals surface area contributed by atoms with Gasteiger partial charge in [-0.05, 0) is 55.7 Å². The van der Waals surface area contributed by atoms with Gasteiger partial charge >= 0.3 is 0 Å². The van der Waals surface area contributed by atoms with E-state index in [0.29, 0.717) is 30.3 Å². The highest BCUT2D eigenvalue weighted by molar-refractivity contribution is 7.92. The first-order chi connectivity index (χ1) is 13.7. The van der Waals surface area contributed by atoms with Gasteiger partial charge in [0.25, 0.3) is 0 Å². The largest absolute Gasteiger partial charge is 0.491 e. The van der Waals surface area contributed by atoms with E-state index in [0.717, 1.165) is 23.1 Å². The van der Waals surface area contributed by atoms with E-state index < -0.39 is 10.0 Å². The molecular weight excluding hydrogens is 412 g/mol. The molecule has 0 radical (unpaired) electrons. The van der Waals surface area contributed by atoms with Crippen molar-refractivity contribution in [3.8, 4) is 5.75 Å². The van der Waals surface area contributed by atoms with E-state index >= 15 is 0 Å². The smallest absolute Gasteiger partial charge is 0.232 e. The molecule has 2 aromatic rings. The Morgan fingerprint density at radius 2 is 1.86 bits per heavy atom. The van der Waals surface area contributed by atoms with Crippen LogP contribution in [0.25, 0.3) is 0 Å². The summed E-state index contributed by atoms with van der Waals surface area (Å²) in [6, 6.07) is 12.7. The van der Waals surface area contributed by atoms with Crippen LogP contribution in [-0.2, 0) is 14.8 Å². The minimum absolute atomic E-state index is 0.139. The van der Waals surface area contributed by atoms with Crippen molar-refractivity contribution in [1.82, 2.24) is 5.32 Å². The van der Waals surface area contributed by atoms with Crippen molar-refractivity contribution in [2.24, 2.45) is 0 Å². The van der Waals surface area contributed by atoms with Gasteiger partial charge in [0, 0.05) is 18.0 Å². The summed E-state index contributed by atoms with van der Waals surface area (Å²) in [5.74, 6) is 0.656. The van der Waals surface area contributed by atoms with E-state index in [1.807, 2.05) is 31.2 Å². The molecule has 1 amide bonds. The summed E-state index contributed by atoms with van der Waals surface area (Å²) in [6.07, 6.45) is 1.78. The second-order valence-corrected chi connectivity index (χ2v) is 9.18. The third-order valence-electron chi connectivity index (χ3n) is 4.37. The molecule has 0 aliphatic heterocycles. The minimum Gasteiger partial charge on any atom is -0.491 e. The number of ether oxygens (including phenoxy) is 1. The van der Waals surface area contributed by atoms with Crippen molar-refractivity contribution >= 4 is 33.2 Å². The Hall–Kier alpha value is -2.25. The lowest BCUT2D eigenvalue weighted by Crippen LogP contribution is -2.33. The van der Waals surface area contributed by atoms with E-state index in [1.54, 1.807) is 25.1 Å². The molecule has 0 heterocycles. The SMILES string of the molecule is Cc1ccccc1OCCNC(=O)CCCN(c1ccc(Cl)cc1C)S(C)(=O)=O. The summed E-state index contributed by atoms with van der Waals surface area (Å²) in [5.41, 5.74) is 2.38. The van der Waals surface area contributed by atoms with Crippen LogP contribution in [0, 0.1) is 13.8 Å². The lowest BCUT2D eigenvalue weighted by molar-refractivity contribution is -0.121. The number of amides is 1. The molecule has 2 aromatic carbocycles. The van der Waals surface area contributed by atoms with Crippen LogP contribution < -0.4 is 14.4 Å². The number of rotatable bonds is 10. The van der Waals surface area contributed by atoms with Gasteiger partial charge in [-0.3, -0.25) is 9.10 Å². The van der Waals surface area contributed by atoms with E-state index in [2.05, 4.69) is 5.32 Å². The number of sulfonamides is 1. The Labute approximate surface area is 177 Å². The molecule has 0 atom stereocenters. The topological polar surface area (TPSA) is 75.7 Å². The number of aryl methyl sites for hydroxylation is 2. The van der Waals surface area contributed by atoms with Crippen molar-refractivity contribution in [3.05, 3.63) is 58.6 Å². The van der Waals surface area contributed by atoms with Crippen molar-refractivity contribution in [2.45, 2.75) is 26.7 Å². The van der Waals surface area contributed by atoms with Crippen molar-refractivity contribution in [2.75, 3.05) is 30.3 Å². The second kappa shape index (κ2) is 10.5. The van der Waals surface area contributed by atoms with Gasteiger partial charge < -0.3 is 10.1 Å². The molecule has 0 fully saturated rings. The van der Waals surface area contributed by atoms with Crippen LogP contribution in [0.15, 0.2) is 42.5 Å². The van der Waals surface area contributed by atoms with Gasteiger partial charge in [0.05, 0.1) is 18.5 Å². The summed E-state index contributed by atoms with van der Waals surface area (Å²) in [4.78, 5) is 12.0. The van der Waals surface area contributed by atoms with Crippen LogP contribution >= 0.6 is 11.6 Å². The Bertz CT molecular complexity index is 947. The molecule has 0 saturated carbocycles. The number of carbonyl (C=O) groups is 1. The lowest BCUT2D eigenvalue weighted by atomic mass is 10.2. The summed E-state index contributed by atoms with van der Waals surface area (Å²) < 4.78 is 31.3. The fourth-order valence-corrected chi connectivity index (χ4v) is 4.15. The molecule has 0 bridgehead atoms. The molecule has 158 valence electrons. The highest BCUT2D eigenvalue weighted by Crippen LogP contribution is 2.26. The Kier molecular flexibility index (Phi) is 8.34. The molecule has 0 unspecified atom stereocenters. The number of benzene rings is 2. The van der Waals surface area contributed by atoms with Gasteiger partial charge in [0.15, 0.2) is 0 Å². The molecular formula is C21H27ClN2O4S. The van der Waals surface area contributed by atoms with E-state index in [4.69, 9.17) is 16.3 Å². The first-order valence-electron chi connectivity index (χ1n) is 9.37. The molecule has 0 saturated heterocycles. The lowest BCUT2D eigenvalue weighted by Gasteiger charge is -2.24. The number of carbonyl (C=O) groups excluding carboxylic acids is 1. The molecule has 0 aliphatic rings. The molecule has 8 heteroatoms. The first-order valence-corrected chi connectivity index (χ1v) is 11.6. The third-order valence-corrected chi connectivity index (χ3v) is 5.78. The standard InChI is InChI=1S/C21H27ClN2O4S/c1-16-7-4-5-8-20(16)28-14-12-23-21(25)9-6-13-24(29(3,26)27)19-11-10-18(22)15-17(19)2/h4-5,7-8,10-11,15H,6,9,12-14H2,1-3H3,(H,23,25). The van der Waals surface area contributed by atoms with Gasteiger partial charge in [-0.25, -0.2) is 8.42 Å². The highest BCUT2D eigenvalue weighted by atomic mass is 35.5. The van der Waals surface area contributed by atoms with Gasteiger partial charge in [0.2, 0.25) is 15.9 Å². The maximum atomic E-state index is 12.2. The van der Waals surface area contributed by atoms with Crippen LogP contribution in [0.3, 0.4) is 0 Å². The summed E-state index contributed by atoms with van der Waals surface area (Å²) in [6.45, 7) is 4.74. The maximum Gasteiger partial charge on any atom is 0.232 e. The van der Waals surface area contributed by atoms with Crippen LogP contribution in [0.4, 0.5) is 5.69 Å². The zero-order valence-electron chi connectivity index (χ0n) is 16.9. The molecule has 6 nitrogen and oxygen atoms in total. The van der Waals surface area contributed by atoms with E-state index in [-0.39, 0.29) is 18.9 Å². The zero-order chi connectivity index (χ0) is 21.4.